The van der Waals surface area contributed by atoms with Crippen molar-refractivity contribution in [1.29, 1.82) is 0 Å². The van der Waals surface area contributed by atoms with E-state index in [0.29, 0.717) is 4.73 Å². The minimum Gasteiger partial charge on any atom is -0.239 e. The second-order valence-corrected chi connectivity index (χ2v) is 4.19. The van der Waals surface area contributed by atoms with Crippen molar-refractivity contribution in [1.82, 2.24) is 14.8 Å². The van der Waals surface area contributed by atoms with E-state index in [1.165, 1.54) is 12.8 Å². The zero-order valence-corrected chi connectivity index (χ0v) is 8.97. The molecule has 1 fully saturated rings. The Hall–Kier alpha value is 0.1000. The third-order valence-electron chi connectivity index (χ3n) is 1.73. The van der Waals surface area contributed by atoms with Gasteiger partial charge in [0.05, 0.1) is 0 Å². The van der Waals surface area contributed by atoms with Gasteiger partial charge in [-0.15, -0.1) is 5.10 Å². The van der Waals surface area contributed by atoms with Crippen LogP contribution in [0.25, 0.3) is 0 Å². The van der Waals surface area contributed by atoms with E-state index in [1.54, 1.807) is 0 Å². The maximum atomic E-state index is 4.17. The van der Waals surface area contributed by atoms with Crippen LogP contribution in [0, 0.1) is 5.92 Å². The fourth-order valence-corrected chi connectivity index (χ4v) is 1.95. The summed E-state index contributed by atoms with van der Waals surface area (Å²) >= 11 is 6.55. The lowest BCUT2D eigenvalue weighted by atomic mass is 10.4. The molecule has 1 heterocycles. The van der Waals surface area contributed by atoms with E-state index in [1.807, 2.05) is 4.68 Å². The Kier molecular flexibility index (Phi) is 2.01. The summed E-state index contributed by atoms with van der Waals surface area (Å²) in [6.45, 7) is 0.999. The third-order valence-corrected chi connectivity index (χ3v) is 2.65. The summed E-state index contributed by atoms with van der Waals surface area (Å²) in [6, 6.07) is 0. The van der Waals surface area contributed by atoms with Gasteiger partial charge in [0.1, 0.15) is 0 Å². The third kappa shape index (κ3) is 1.82. The fraction of sp³-hybridized carbons (Fsp3) is 0.667. The van der Waals surface area contributed by atoms with Crippen LogP contribution < -0.4 is 0 Å². The second-order valence-electron chi connectivity index (χ2n) is 2.78. The monoisotopic (exact) mass is 279 g/mol. The molecule has 1 saturated carbocycles. The van der Waals surface area contributed by atoms with Gasteiger partial charge in [-0.3, -0.25) is 0 Å². The van der Waals surface area contributed by atoms with Crippen LogP contribution in [0.3, 0.4) is 0 Å². The Bertz CT molecular complexity index is 267. The van der Waals surface area contributed by atoms with Gasteiger partial charge in [-0.1, -0.05) is 0 Å². The molecule has 0 bridgehead atoms. The maximum Gasteiger partial charge on any atom is 0.218 e. The van der Waals surface area contributed by atoms with Crippen molar-refractivity contribution in [3.05, 3.63) is 9.47 Å². The molecule has 0 aromatic carbocycles. The number of rotatable bonds is 2. The molecule has 1 aliphatic rings. The van der Waals surface area contributed by atoms with Crippen molar-refractivity contribution in [3.63, 3.8) is 0 Å². The summed E-state index contributed by atoms with van der Waals surface area (Å²) < 4.78 is 3.36. The summed E-state index contributed by atoms with van der Waals surface area (Å²) in [7, 11) is 0. The van der Waals surface area contributed by atoms with E-state index in [4.69, 9.17) is 0 Å². The van der Waals surface area contributed by atoms with Gasteiger partial charge >= 0.3 is 0 Å². The van der Waals surface area contributed by atoms with Gasteiger partial charge in [0, 0.05) is 6.54 Å². The lowest BCUT2D eigenvalue weighted by molar-refractivity contribution is 0.548. The minimum atomic E-state index is 0.657. The predicted molar refractivity (Wildman–Crippen MR) is 48.1 cm³/mol. The predicted octanol–water partition coefficient (Wildman–Crippen LogP) is 2.21. The highest BCUT2D eigenvalue weighted by Gasteiger charge is 2.23. The van der Waals surface area contributed by atoms with Gasteiger partial charge in [-0.25, -0.2) is 4.68 Å². The summed E-state index contributed by atoms with van der Waals surface area (Å²) in [5, 5.41) is 4.17. The molecule has 0 amide bonds. The van der Waals surface area contributed by atoms with Crippen LogP contribution in [-0.4, -0.2) is 14.8 Å². The molecule has 0 saturated heterocycles. The minimum absolute atomic E-state index is 0.657. The molecule has 11 heavy (non-hydrogen) atoms. The van der Waals surface area contributed by atoms with E-state index in [2.05, 4.69) is 41.9 Å². The Morgan fingerprint density at radius 1 is 1.45 bits per heavy atom. The molecule has 5 heteroatoms. The van der Waals surface area contributed by atoms with E-state index >= 15 is 0 Å². The van der Waals surface area contributed by atoms with E-state index < -0.39 is 0 Å². The molecular weight excluding hydrogens is 274 g/mol. The van der Waals surface area contributed by atoms with Crippen LogP contribution in [0.2, 0.25) is 0 Å². The van der Waals surface area contributed by atoms with E-state index in [0.717, 1.165) is 17.2 Å². The Morgan fingerprint density at radius 2 is 2.18 bits per heavy atom. The molecule has 0 spiro atoms. The van der Waals surface area contributed by atoms with Gasteiger partial charge in [0.25, 0.3) is 0 Å². The normalized spacial score (nSPS) is 17.3. The fourth-order valence-electron chi connectivity index (χ4n) is 0.958. The molecule has 2 rings (SSSR count). The van der Waals surface area contributed by atoms with Gasteiger partial charge in [0.2, 0.25) is 4.73 Å². The van der Waals surface area contributed by atoms with Crippen LogP contribution in [0.15, 0.2) is 9.47 Å². The van der Waals surface area contributed by atoms with Crippen molar-refractivity contribution < 1.29 is 0 Å². The van der Waals surface area contributed by atoms with Crippen LogP contribution in [0.5, 0.6) is 0 Å². The van der Waals surface area contributed by atoms with Crippen LogP contribution >= 0.6 is 31.9 Å². The highest BCUT2D eigenvalue weighted by molar-refractivity contribution is 9.11. The average molecular weight is 281 g/mol. The number of aromatic nitrogens is 3. The van der Waals surface area contributed by atoms with E-state index in [9.17, 15) is 0 Å². The molecule has 60 valence electrons. The highest BCUT2D eigenvalue weighted by atomic mass is 79.9. The van der Waals surface area contributed by atoms with Gasteiger partial charge in [0.15, 0.2) is 4.73 Å². The molecule has 1 aromatic rings. The highest BCUT2D eigenvalue weighted by Crippen LogP contribution is 2.31. The Morgan fingerprint density at radius 3 is 2.64 bits per heavy atom. The quantitative estimate of drug-likeness (QED) is 0.832. The summed E-state index contributed by atoms with van der Waals surface area (Å²) in [5.74, 6) is 0.833. The number of hydrogen-bond donors (Lipinski definition) is 0. The van der Waals surface area contributed by atoms with Crippen LogP contribution in [0.1, 0.15) is 12.8 Å². The number of halogens is 2. The first kappa shape index (κ1) is 7.73. The first-order valence-corrected chi connectivity index (χ1v) is 5.10. The van der Waals surface area contributed by atoms with Gasteiger partial charge < -0.3 is 0 Å². The van der Waals surface area contributed by atoms with Gasteiger partial charge in [-0.2, -0.15) is 4.98 Å². The molecule has 0 aliphatic heterocycles. The summed E-state index contributed by atoms with van der Waals surface area (Å²) in [5.41, 5.74) is 0. The van der Waals surface area contributed by atoms with Crippen molar-refractivity contribution in [2.75, 3.05) is 0 Å². The molecule has 1 aliphatic carbocycles. The molecule has 0 unspecified atom stereocenters. The van der Waals surface area contributed by atoms with Crippen molar-refractivity contribution in [3.8, 4) is 0 Å². The lowest BCUT2D eigenvalue weighted by Crippen LogP contribution is -2.01. The zero-order chi connectivity index (χ0) is 7.84. The number of hydrogen-bond acceptors (Lipinski definition) is 2. The molecule has 0 atom stereocenters. The van der Waals surface area contributed by atoms with Crippen LogP contribution in [0.4, 0.5) is 0 Å². The second kappa shape index (κ2) is 2.86. The molecule has 0 N–H and O–H groups in total. The summed E-state index contributed by atoms with van der Waals surface area (Å²) in [4.78, 5) is 4.08. The first-order chi connectivity index (χ1) is 5.25. The van der Waals surface area contributed by atoms with Crippen molar-refractivity contribution >= 4 is 31.9 Å². The van der Waals surface area contributed by atoms with Crippen molar-refractivity contribution in [2.24, 2.45) is 5.92 Å². The summed E-state index contributed by atoms with van der Waals surface area (Å²) in [6.07, 6.45) is 2.67. The molecular formula is C6H7Br2N3. The van der Waals surface area contributed by atoms with Crippen LogP contribution in [-0.2, 0) is 6.54 Å². The largest absolute Gasteiger partial charge is 0.239 e. The standard InChI is InChI=1S/C6H7Br2N3/c7-5-9-6(8)11(10-5)3-4-1-2-4/h4H,1-3H2. The zero-order valence-electron chi connectivity index (χ0n) is 5.80. The smallest absolute Gasteiger partial charge is 0.218 e. The SMILES string of the molecule is Brc1nc(Br)n(CC2CC2)n1. The Balaban J connectivity index is 2.14. The van der Waals surface area contributed by atoms with Crippen molar-refractivity contribution in [2.45, 2.75) is 19.4 Å². The molecule has 0 radical (unpaired) electrons. The molecule has 1 aromatic heterocycles. The Labute approximate surface area is 81.4 Å². The average Bonchev–Trinajstić information content (AvgIpc) is 2.64. The van der Waals surface area contributed by atoms with E-state index in [-0.39, 0.29) is 0 Å². The first-order valence-electron chi connectivity index (χ1n) is 3.51. The van der Waals surface area contributed by atoms with Gasteiger partial charge in [-0.05, 0) is 50.6 Å². The topological polar surface area (TPSA) is 30.7 Å². The maximum absolute atomic E-state index is 4.17. The lowest BCUT2D eigenvalue weighted by Gasteiger charge is -1.97. The molecule has 3 nitrogen and oxygen atoms in total. The number of nitrogens with zero attached hydrogens (tertiary/aromatic N) is 3.